The number of hydrogen-bond acceptors (Lipinski definition) is 5. The van der Waals surface area contributed by atoms with E-state index in [1.54, 1.807) is 6.08 Å². The van der Waals surface area contributed by atoms with E-state index < -0.39 is 23.8 Å². The molecule has 176 valence electrons. The van der Waals surface area contributed by atoms with Crippen molar-refractivity contribution in [2.24, 2.45) is 11.8 Å². The lowest BCUT2D eigenvalue weighted by atomic mass is 9.89. The van der Waals surface area contributed by atoms with E-state index in [4.69, 9.17) is 19.6 Å². The van der Waals surface area contributed by atoms with Crippen LogP contribution < -0.4 is 4.74 Å². The SMILES string of the molecule is O=C(O)CCC/C=C\C[C@@H]1[C@@H](/C=C/[C@@H](O)COc2cccc(C(F)(F)F)c2)[C@@H]2C[C@H]1OO2. The molecule has 3 rings (SSSR count). The number of carbonyl (C=O) groups is 1. The second kappa shape index (κ2) is 11.0. The zero-order valence-corrected chi connectivity index (χ0v) is 17.4. The predicted molar refractivity (Wildman–Crippen MR) is 109 cm³/mol. The molecule has 0 amide bonds. The number of allylic oxidation sites excluding steroid dienone is 2. The van der Waals surface area contributed by atoms with Gasteiger partial charge in [0, 0.05) is 24.7 Å². The molecule has 1 saturated carbocycles. The summed E-state index contributed by atoms with van der Waals surface area (Å²) in [5, 5.41) is 18.9. The number of carboxylic acid groups (broad SMARTS) is 1. The van der Waals surface area contributed by atoms with Crippen molar-refractivity contribution in [1.29, 1.82) is 0 Å². The molecule has 9 heteroatoms. The van der Waals surface area contributed by atoms with Crippen LogP contribution in [0.1, 0.15) is 37.7 Å². The number of fused-ring (bicyclic) bond motifs is 2. The molecule has 2 bridgehead atoms. The van der Waals surface area contributed by atoms with Crippen molar-refractivity contribution >= 4 is 5.97 Å². The number of aliphatic carboxylic acids is 1. The first-order chi connectivity index (χ1) is 15.2. The summed E-state index contributed by atoms with van der Waals surface area (Å²) in [6.45, 7) is -0.176. The number of alkyl halides is 3. The Balaban J connectivity index is 1.49. The fourth-order valence-electron chi connectivity index (χ4n) is 4.02. The molecule has 0 unspecified atom stereocenters. The lowest BCUT2D eigenvalue weighted by molar-refractivity contribution is -0.336. The molecule has 6 nitrogen and oxygen atoms in total. The van der Waals surface area contributed by atoms with Crippen LogP contribution in [0.15, 0.2) is 48.6 Å². The van der Waals surface area contributed by atoms with Crippen LogP contribution in [0, 0.1) is 11.8 Å². The Kier molecular flexibility index (Phi) is 8.33. The summed E-state index contributed by atoms with van der Waals surface area (Å²) in [5.74, 6) is -0.578. The monoisotopic (exact) mass is 456 g/mol. The van der Waals surface area contributed by atoms with Gasteiger partial charge in [-0.1, -0.05) is 30.4 Å². The molecule has 1 aliphatic heterocycles. The molecule has 32 heavy (non-hydrogen) atoms. The number of unbranched alkanes of at least 4 members (excludes halogenated alkanes) is 1. The Morgan fingerprint density at radius 1 is 1.25 bits per heavy atom. The van der Waals surface area contributed by atoms with Gasteiger partial charge in [0.25, 0.3) is 0 Å². The predicted octanol–water partition coefficient (Wildman–Crippen LogP) is 4.54. The maximum absolute atomic E-state index is 12.8. The maximum atomic E-state index is 12.8. The van der Waals surface area contributed by atoms with E-state index >= 15 is 0 Å². The third-order valence-corrected chi connectivity index (χ3v) is 5.64. The van der Waals surface area contributed by atoms with Crippen molar-refractivity contribution in [2.45, 2.75) is 56.6 Å². The van der Waals surface area contributed by atoms with Gasteiger partial charge in [-0.05, 0) is 37.5 Å². The van der Waals surface area contributed by atoms with Gasteiger partial charge in [0.1, 0.15) is 24.6 Å². The molecule has 1 aliphatic carbocycles. The molecule has 1 saturated heterocycles. The fraction of sp³-hybridized carbons (Fsp3) is 0.522. The summed E-state index contributed by atoms with van der Waals surface area (Å²) in [4.78, 5) is 21.2. The number of hydrogen-bond donors (Lipinski definition) is 2. The molecular weight excluding hydrogens is 429 g/mol. The van der Waals surface area contributed by atoms with Crippen molar-refractivity contribution in [2.75, 3.05) is 6.61 Å². The Hall–Kier alpha value is -2.36. The summed E-state index contributed by atoms with van der Waals surface area (Å²) < 4.78 is 43.7. The van der Waals surface area contributed by atoms with E-state index in [2.05, 4.69) is 0 Å². The molecule has 1 heterocycles. The van der Waals surface area contributed by atoms with Gasteiger partial charge >= 0.3 is 12.1 Å². The zero-order valence-electron chi connectivity index (χ0n) is 17.4. The van der Waals surface area contributed by atoms with Gasteiger partial charge in [0.2, 0.25) is 0 Å². The van der Waals surface area contributed by atoms with Crippen LogP contribution in [-0.4, -0.2) is 41.1 Å². The number of ether oxygens (including phenoxy) is 1. The summed E-state index contributed by atoms with van der Waals surface area (Å²) >= 11 is 0. The number of rotatable bonds is 11. The van der Waals surface area contributed by atoms with Crippen molar-refractivity contribution < 1.29 is 42.7 Å². The second-order valence-electron chi connectivity index (χ2n) is 8.03. The summed E-state index contributed by atoms with van der Waals surface area (Å²) in [6, 6.07) is 4.52. The van der Waals surface area contributed by atoms with Crippen LogP contribution in [0.5, 0.6) is 5.75 Å². The first-order valence-corrected chi connectivity index (χ1v) is 10.6. The fourth-order valence-corrected chi connectivity index (χ4v) is 4.02. The highest BCUT2D eigenvalue weighted by molar-refractivity contribution is 5.66. The molecule has 0 radical (unpaired) electrons. The van der Waals surface area contributed by atoms with Gasteiger partial charge in [-0.25, -0.2) is 9.78 Å². The van der Waals surface area contributed by atoms with E-state index in [0.717, 1.165) is 25.0 Å². The molecular formula is C23H27F3O6. The highest BCUT2D eigenvalue weighted by Gasteiger charge is 2.49. The molecule has 1 aromatic carbocycles. The molecule has 2 N–H and O–H groups in total. The number of aliphatic hydroxyl groups is 1. The number of benzene rings is 1. The second-order valence-corrected chi connectivity index (χ2v) is 8.03. The van der Waals surface area contributed by atoms with E-state index in [1.807, 2.05) is 18.2 Å². The van der Waals surface area contributed by atoms with Gasteiger partial charge in [0.15, 0.2) is 0 Å². The van der Waals surface area contributed by atoms with Gasteiger partial charge in [-0.2, -0.15) is 13.2 Å². The quantitative estimate of drug-likeness (QED) is 0.289. The number of carboxylic acids is 1. The van der Waals surface area contributed by atoms with E-state index in [1.165, 1.54) is 12.1 Å². The highest BCUT2D eigenvalue weighted by Crippen LogP contribution is 2.44. The van der Waals surface area contributed by atoms with Gasteiger partial charge in [0.05, 0.1) is 11.7 Å². The lowest BCUT2D eigenvalue weighted by Crippen LogP contribution is -2.29. The Morgan fingerprint density at radius 3 is 2.78 bits per heavy atom. The molecule has 0 aromatic heterocycles. The van der Waals surface area contributed by atoms with Gasteiger partial charge in [-0.3, -0.25) is 4.79 Å². The van der Waals surface area contributed by atoms with E-state index in [9.17, 15) is 23.1 Å². The lowest BCUT2D eigenvalue weighted by Gasteiger charge is -2.27. The summed E-state index contributed by atoms with van der Waals surface area (Å²) in [6.07, 6.45) is 4.73. The van der Waals surface area contributed by atoms with E-state index in [0.29, 0.717) is 12.8 Å². The Morgan fingerprint density at radius 2 is 2.03 bits per heavy atom. The molecule has 0 spiro atoms. The Bertz CT molecular complexity index is 822. The standard InChI is InChI=1S/C23H27F3O6/c24-23(25,26)15-6-5-7-17(12-15)30-14-16(27)10-11-19-18(20-13-21(19)32-31-20)8-3-1-2-4-9-22(28)29/h1,3,5-7,10-12,16,18-21,27H,2,4,8-9,13-14H2,(H,28,29)/b3-1-,11-10+/t16-,18-,19-,20-,21+/m1/s1. The van der Waals surface area contributed by atoms with Gasteiger partial charge in [-0.15, -0.1) is 0 Å². The third kappa shape index (κ3) is 6.82. The van der Waals surface area contributed by atoms with Crippen LogP contribution in [0.2, 0.25) is 0 Å². The van der Waals surface area contributed by atoms with Crippen molar-refractivity contribution in [1.82, 2.24) is 0 Å². The first-order valence-electron chi connectivity index (χ1n) is 10.6. The number of halogens is 3. The van der Waals surface area contributed by atoms with Crippen LogP contribution in [0.4, 0.5) is 13.2 Å². The summed E-state index contributed by atoms with van der Waals surface area (Å²) in [5.41, 5.74) is -0.807. The number of aliphatic hydroxyl groups excluding tert-OH is 1. The van der Waals surface area contributed by atoms with E-state index in [-0.39, 0.29) is 42.8 Å². The van der Waals surface area contributed by atoms with Crippen LogP contribution in [-0.2, 0) is 20.7 Å². The topological polar surface area (TPSA) is 85.2 Å². The first kappa shape index (κ1) is 24.3. The average molecular weight is 456 g/mol. The minimum atomic E-state index is -4.46. The smallest absolute Gasteiger partial charge is 0.416 e. The van der Waals surface area contributed by atoms with Crippen LogP contribution >= 0.6 is 0 Å². The largest absolute Gasteiger partial charge is 0.491 e. The average Bonchev–Trinajstić information content (AvgIpc) is 3.34. The normalized spacial score (nSPS) is 26.2. The molecule has 2 aliphatic rings. The Labute approximate surface area is 184 Å². The minimum Gasteiger partial charge on any atom is -0.491 e. The van der Waals surface area contributed by atoms with Crippen molar-refractivity contribution in [3.8, 4) is 5.75 Å². The van der Waals surface area contributed by atoms with Crippen LogP contribution in [0.25, 0.3) is 0 Å². The summed E-state index contributed by atoms with van der Waals surface area (Å²) in [7, 11) is 0. The van der Waals surface area contributed by atoms with Crippen molar-refractivity contribution in [3.63, 3.8) is 0 Å². The van der Waals surface area contributed by atoms with Crippen LogP contribution in [0.3, 0.4) is 0 Å². The minimum absolute atomic E-state index is 0.0284. The molecule has 1 aromatic rings. The highest BCUT2D eigenvalue weighted by atomic mass is 19.4. The molecule has 5 atom stereocenters. The molecule has 2 fully saturated rings. The third-order valence-electron chi connectivity index (χ3n) is 5.64. The maximum Gasteiger partial charge on any atom is 0.416 e. The van der Waals surface area contributed by atoms with Crippen molar-refractivity contribution in [3.05, 3.63) is 54.1 Å². The van der Waals surface area contributed by atoms with Gasteiger partial charge < -0.3 is 14.9 Å². The zero-order chi connectivity index (χ0) is 23.1.